The van der Waals surface area contributed by atoms with Crippen LogP contribution in [-0.4, -0.2) is 46.3 Å². The Bertz CT molecular complexity index is 995. The van der Waals surface area contributed by atoms with E-state index in [9.17, 15) is 24.5 Å². The number of nitrogens with zero attached hydrogens (tertiary/aromatic N) is 3. The van der Waals surface area contributed by atoms with Crippen molar-refractivity contribution >= 4 is 40.0 Å². The first kappa shape index (κ1) is 23.0. The summed E-state index contributed by atoms with van der Waals surface area (Å²) in [5.74, 6) is -2.27. The number of aryl methyl sites for hydroxylation is 1. The molecule has 0 spiro atoms. The van der Waals surface area contributed by atoms with E-state index in [2.05, 4.69) is 10.4 Å². The van der Waals surface area contributed by atoms with Gasteiger partial charge in [-0.1, -0.05) is 6.92 Å². The Balaban J connectivity index is 2.38. The molecule has 0 aliphatic heterocycles. The molecule has 1 N–H and O–H groups in total. The molecule has 0 saturated heterocycles. The molecule has 2 aromatic heterocycles. The van der Waals surface area contributed by atoms with Crippen molar-refractivity contribution in [2.45, 2.75) is 40.2 Å². The maximum absolute atomic E-state index is 12.8. The van der Waals surface area contributed by atoms with Crippen LogP contribution in [0.1, 0.15) is 57.6 Å². The highest BCUT2D eigenvalue weighted by atomic mass is 32.1. The molecule has 2 heterocycles. The van der Waals surface area contributed by atoms with Gasteiger partial charge in [-0.15, -0.1) is 11.3 Å². The maximum atomic E-state index is 12.8. The fourth-order valence-corrected chi connectivity index (χ4v) is 3.80. The fourth-order valence-electron chi connectivity index (χ4n) is 2.68. The Morgan fingerprint density at radius 2 is 2.00 bits per heavy atom. The number of rotatable bonds is 8. The molecule has 0 bridgehead atoms. The molecule has 30 heavy (non-hydrogen) atoms. The zero-order valence-electron chi connectivity index (χ0n) is 17.2. The first-order chi connectivity index (χ1) is 14.1. The highest BCUT2D eigenvalue weighted by Crippen LogP contribution is 2.35. The first-order valence-electron chi connectivity index (χ1n) is 9.02. The highest BCUT2D eigenvalue weighted by molar-refractivity contribution is 7.18. The Morgan fingerprint density at radius 3 is 2.53 bits per heavy atom. The summed E-state index contributed by atoms with van der Waals surface area (Å²) in [6.07, 6.45) is 0.606. The summed E-state index contributed by atoms with van der Waals surface area (Å²) in [5, 5.41) is 17.5. The van der Waals surface area contributed by atoms with Crippen molar-refractivity contribution in [2.75, 3.05) is 19.0 Å². The second-order valence-corrected chi connectivity index (χ2v) is 7.42. The van der Waals surface area contributed by atoms with E-state index in [0.29, 0.717) is 17.7 Å². The number of methoxy groups -OCH3 is 1. The summed E-state index contributed by atoms with van der Waals surface area (Å²) in [6, 6.07) is 0.337. The van der Waals surface area contributed by atoms with Crippen LogP contribution >= 0.6 is 11.3 Å². The first-order valence-corrected chi connectivity index (χ1v) is 9.84. The Hall–Kier alpha value is -3.28. The van der Waals surface area contributed by atoms with Crippen molar-refractivity contribution in [3.63, 3.8) is 0 Å². The topological polar surface area (TPSA) is 143 Å². The molecule has 0 radical (unpaired) electrons. The Labute approximate surface area is 176 Å². The van der Waals surface area contributed by atoms with Crippen molar-refractivity contribution in [2.24, 2.45) is 0 Å². The number of nitrogens with one attached hydrogen (secondary N) is 1. The van der Waals surface area contributed by atoms with Gasteiger partial charge in [-0.2, -0.15) is 4.68 Å². The quantitative estimate of drug-likeness (QED) is 0.376. The lowest BCUT2D eigenvalue weighted by Gasteiger charge is -2.12. The smallest absolute Gasteiger partial charge is 0.390 e. The largest absolute Gasteiger partial charge is 0.465 e. The molecule has 0 aliphatic rings. The average Bonchev–Trinajstić information content (AvgIpc) is 3.25. The second-order valence-electron chi connectivity index (χ2n) is 6.40. The lowest BCUT2D eigenvalue weighted by Crippen LogP contribution is -2.25. The minimum Gasteiger partial charge on any atom is -0.465 e. The minimum absolute atomic E-state index is 0.0672. The van der Waals surface area contributed by atoms with Crippen LogP contribution in [-0.2, 0) is 14.3 Å². The molecule has 0 aromatic carbocycles. The maximum Gasteiger partial charge on any atom is 0.390 e. The molecule has 0 aliphatic carbocycles. The summed E-state index contributed by atoms with van der Waals surface area (Å²) < 4.78 is 11.1. The number of thiophene rings is 1. The molecule has 0 fully saturated rings. The van der Waals surface area contributed by atoms with E-state index < -0.39 is 28.8 Å². The molecule has 162 valence electrons. The van der Waals surface area contributed by atoms with Crippen LogP contribution in [0.4, 0.5) is 10.8 Å². The molecule has 1 unspecified atom stereocenters. The van der Waals surface area contributed by atoms with Gasteiger partial charge >= 0.3 is 17.8 Å². The number of hydrogen-bond acceptors (Lipinski definition) is 9. The van der Waals surface area contributed by atoms with E-state index in [0.717, 1.165) is 11.3 Å². The Kier molecular flexibility index (Phi) is 7.27. The van der Waals surface area contributed by atoms with Crippen LogP contribution in [0.3, 0.4) is 0 Å². The van der Waals surface area contributed by atoms with Gasteiger partial charge in [-0.25, -0.2) is 9.59 Å². The molecular weight excluding hydrogens is 416 g/mol. The van der Waals surface area contributed by atoms with Gasteiger partial charge in [0.2, 0.25) is 0 Å². The summed E-state index contributed by atoms with van der Waals surface area (Å²) in [4.78, 5) is 47.8. The zero-order chi connectivity index (χ0) is 22.6. The molecule has 0 saturated carbocycles. The molecular formula is C18H22N4O7S. The van der Waals surface area contributed by atoms with Crippen LogP contribution in [0.25, 0.3) is 0 Å². The number of esters is 2. The molecule has 2 rings (SSSR count). The van der Waals surface area contributed by atoms with Gasteiger partial charge < -0.3 is 24.9 Å². The van der Waals surface area contributed by atoms with Crippen molar-refractivity contribution in [1.29, 1.82) is 0 Å². The van der Waals surface area contributed by atoms with Gasteiger partial charge in [0.15, 0.2) is 0 Å². The third-order valence-corrected chi connectivity index (χ3v) is 5.43. The summed E-state index contributed by atoms with van der Waals surface area (Å²) in [7, 11) is 1.21. The summed E-state index contributed by atoms with van der Waals surface area (Å²) in [5.41, 5.74) is 0.823. The average molecular weight is 438 g/mol. The van der Waals surface area contributed by atoms with Crippen LogP contribution in [0.2, 0.25) is 0 Å². The molecule has 1 amide bonds. The number of hydrogen-bond donors (Lipinski definition) is 1. The van der Waals surface area contributed by atoms with Gasteiger partial charge in [0.05, 0.1) is 36.1 Å². The van der Waals surface area contributed by atoms with Gasteiger partial charge in [-0.05, 0) is 37.7 Å². The summed E-state index contributed by atoms with van der Waals surface area (Å²) >= 11 is 0.891. The number of carbonyl (C=O) groups excluding carboxylic acids is 3. The van der Waals surface area contributed by atoms with E-state index >= 15 is 0 Å². The van der Waals surface area contributed by atoms with E-state index in [1.165, 1.54) is 24.8 Å². The van der Waals surface area contributed by atoms with Crippen LogP contribution in [0, 0.1) is 24.0 Å². The van der Waals surface area contributed by atoms with Crippen molar-refractivity contribution < 1.29 is 28.8 Å². The van der Waals surface area contributed by atoms with Crippen molar-refractivity contribution in [1.82, 2.24) is 9.78 Å². The fraction of sp³-hybridized carbons (Fsp3) is 0.444. The van der Waals surface area contributed by atoms with Crippen LogP contribution in [0.5, 0.6) is 0 Å². The number of amides is 1. The number of aromatic nitrogens is 2. The van der Waals surface area contributed by atoms with Crippen molar-refractivity contribution in [3.8, 4) is 0 Å². The highest BCUT2D eigenvalue weighted by Gasteiger charge is 2.30. The van der Waals surface area contributed by atoms with E-state index in [4.69, 9.17) is 9.47 Å². The van der Waals surface area contributed by atoms with Crippen LogP contribution < -0.4 is 5.32 Å². The van der Waals surface area contributed by atoms with Gasteiger partial charge in [0.1, 0.15) is 15.9 Å². The third-order valence-electron chi connectivity index (χ3n) is 4.24. The predicted molar refractivity (Wildman–Crippen MR) is 108 cm³/mol. The minimum atomic E-state index is -0.915. The molecule has 2 aromatic rings. The predicted octanol–water partition coefficient (Wildman–Crippen LogP) is 3.02. The standard InChI is InChI=1S/C18H22N4O7S/c1-6-7-29-17(24)13-10(3)14(18(25)28-5)30-16(13)19-15(23)11(4)21-9(2)8-12(20-21)22(26)27/h8,11H,6-7H2,1-5H3,(H,19,23). The molecule has 11 nitrogen and oxygen atoms in total. The van der Waals surface area contributed by atoms with Gasteiger partial charge in [-0.3, -0.25) is 4.79 Å². The molecule has 1 atom stereocenters. The lowest BCUT2D eigenvalue weighted by atomic mass is 10.1. The number of nitro groups is 1. The Morgan fingerprint density at radius 1 is 1.33 bits per heavy atom. The molecule has 12 heteroatoms. The summed E-state index contributed by atoms with van der Waals surface area (Å²) in [6.45, 7) is 6.67. The monoisotopic (exact) mass is 438 g/mol. The van der Waals surface area contributed by atoms with E-state index in [-0.39, 0.29) is 27.9 Å². The van der Waals surface area contributed by atoms with Gasteiger partial charge in [0.25, 0.3) is 5.91 Å². The SMILES string of the molecule is CCCOC(=O)c1c(NC(=O)C(C)n2nc([N+](=O)[O-])cc2C)sc(C(=O)OC)c1C. The second kappa shape index (κ2) is 9.48. The van der Waals surface area contributed by atoms with Crippen molar-refractivity contribution in [3.05, 3.63) is 37.9 Å². The van der Waals surface area contributed by atoms with Gasteiger partial charge in [0, 0.05) is 0 Å². The lowest BCUT2D eigenvalue weighted by molar-refractivity contribution is -0.389. The number of carbonyl (C=O) groups is 3. The normalized spacial score (nSPS) is 11.6. The third kappa shape index (κ3) is 4.64. The number of ether oxygens (including phenoxy) is 2. The number of anilines is 1. The van der Waals surface area contributed by atoms with E-state index in [1.807, 2.05) is 6.92 Å². The van der Waals surface area contributed by atoms with Crippen LogP contribution in [0.15, 0.2) is 6.07 Å². The van der Waals surface area contributed by atoms with E-state index in [1.54, 1.807) is 13.8 Å². The zero-order valence-corrected chi connectivity index (χ0v) is 18.0.